The van der Waals surface area contributed by atoms with E-state index in [1.165, 1.54) is 17.7 Å². The first-order chi connectivity index (χ1) is 7.70. The smallest absolute Gasteiger partial charge is 0.0366 e. The zero-order valence-electron chi connectivity index (χ0n) is 10.2. The lowest BCUT2D eigenvalue weighted by Crippen LogP contribution is -2.31. The average Bonchev–Trinajstić information content (AvgIpc) is 2.78. The predicted molar refractivity (Wildman–Crippen MR) is 68.6 cm³/mol. The maximum atomic E-state index is 5.59. The van der Waals surface area contributed by atoms with Crippen molar-refractivity contribution in [1.82, 2.24) is 4.90 Å². The van der Waals surface area contributed by atoms with E-state index in [9.17, 15) is 0 Å². The summed E-state index contributed by atoms with van der Waals surface area (Å²) in [5, 5.41) is 0. The summed E-state index contributed by atoms with van der Waals surface area (Å²) in [6, 6.07) is 9.30. The van der Waals surface area contributed by atoms with Crippen LogP contribution in [0.3, 0.4) is 0 Å². The molecule has 3 heteroatoms. The molecular weight excluding hydrogens is 198 g/mol. The lowest BCUT2D eigenvalue weighted by Gasteiger charge is -2.22. The molecule has 2 N–H and O–H groups in total. The van der Waals surface area contributed by atoms with E-state index in [4.69, 9.17) is 5.73 Å². The molecular formula is C13H21N3. The monoisotopic (exact) mass is 219 g/mol. The Balaban J connectivity index is 2.03. The van der Waals surface area contributed by atoms with Gasteiger partial charge in [0.15, 0.2) is 0 Å². The fraction of sp³-hybridized carbons (Fsp3) is 0.538. The van der Waals surface area contributed by atoms with E-state index in [0.29, 0.717) is 12.6 Å². The average molecular weight is 219 g/mol. The highest BCUT2D eigenvalue weighted by Crippen LogP contribution is 2.22. The Morgan fingerprint density at radius 2 is 2.00 bits per heavy atom. The van der Waals surface area contributed by atoms with Gasteiger partial charge in [-0.1, -0.05) is 12.1 Å². The number of likely N-dealkylation sites (N-methyl/N-ethyl adjacent to an activating group) is 1. The van der Waals surface area contributed by atoms with Crippen LogP contribution in [0.25, 0.3) is 0 Å². The Hall–Kier alpha value is -1.06. The van der Waals surface area contributed by atoms with Crippen molar-refractivity contribution in [2.24, 2.45) is 5.73 Å². The van der Waals surface area contributed by atoms with Gasteiger partial charge in [-0.25, -0.2) is 0 Å². The number of nitrogens with two attached hydrogens (primary N) is 1. The van der Waals surface area contributed by atoms with E-state index in [-0.39, 0.29) is 0 Å². The van der Waals surface area contributed by atoms with Crippen molar-refractivity contribution in [2.75, 3.05) is 32.1 Å². The second kappa shape index (κ2) is 4.85. The van der Waals surface area contributed by atoms with Gasteiger partial charge in [-0.2, -0.15) is 0 Å². The Bertz CT molecular complexity index is 332. The van der Waals surface area contributed by atoms with Crippen LogP contribution < -0.4 is 10.6 Å². The van der Waals surface area contributed by atoms with E-state index in [1.807, 2.05) is 0 Å². The van der Waals surface area contributed by atoms with Crippen molar-refractivity contribution in [3.8, 4) is 0 Å². The summed E-state index contributed by atoms with van der Waals surface area (Å²) in [6.07, 6.45) is 1.26. The summed E-state index contributed by atoms with van der Waals surface area (Å²) < 4.78 is 0. The van der Waals surface area contributed by atoms with Gasteiger partial charge in [-0.3, -0.25) is 0 Å². The summed E-state index contributed by atoms with van der Waals surface area (Å²) in [5.41, 5.74) is 8.12. The summed E-state index contributed by atoms with van der Waals surface area (Å²) in [4.78, 5) is 4.76. The molecule has 1 fully saturated rings. The minimum absolute atomic E-state index is 0.626. The van der Waals surface area contributed by atoms with Gasteiger partial charge in [0.05, 0.1) is 0 Å². The van der Waals surface area contributed by atoms with E-state index in [0.717, 1.165) is 13.1 Å². The van der Waals surface area contributed by atoms with Crippen LogP contribution in [0.4, 0.5) is 5.69 Å². The van der Waals surface area contributed by atoms with Gasteiger partial charge < -0.3 is 15.5 Å². The number of anilines is 1. The molecule has 1 aromatic carbocycles. The number of hydrogen-bond acceptors (Lipinski definition) is 3. The summed E-state index contributed by atoms with van der Waals surface area (Å²) in [5.74, 6) is 0. The zero-order chi connectivity index (χ0) is 11.5. The fourth-order valence-corrected chi connectivity index (χ4v) is 2.24. The van der Waals surface area contributed by atoms with Gasteiger partial charge >= 0.3 is 0 Å². The lowest BCUT2D eigenvalue weighted by atomic mass is 10.2. The molecule has 1 aromatic rings. The van der Waals surface area contributed by atoms with Crippen molar-refractivity contribution >= 4 is 5.69 Å². The number of hydrogen-bond donors (Lipinski definition) is 1. The normalized spacial score (nSPS) is 20.8. The molecule has 1 atom stereocenters. The molecule has 2 rings (SSSR count). The summed E-state index contributed by atoms with van der Waals surface area (Å²) in [6.45, 7) is 2.92. The number of nitrogens with zero attached hydrogens (tertiary/aromatic N) is 2. The van der Waals surface area contributed by atoms with Gasteiger partial charge in [0.2, 0.25) is 0 Å². The van der Waals surface area contributed by atoms with E-state index < -0.39 is 0 Å². The summed E-state index contributed by atoms with van der Waals surface area (Å²) in [7, 11) is 4.32. The topological polar surface area (TPSA) is 32.5 Å². The maximum absolute atomic E-state index is 5.59. The molecule has 0 amide bonds. The minimum Gasteiger partial charge on any atom is -0.370 e. The highest BCUT2D eigenvalue weighted by molar-refractivity contribution is 5.48. The highest BCUT2D eigenvalue weighted by Gasteiger charge is 2.23. The molecule has 1 heterocycles. The quantitative estimate of drug-likeness (QED) is 0.831. The van der Waals surface area contributed by atoms with Crippen molar-refractivity contribution in [3.63, 3.8) is 0 Å². The fourth-order valence-electron chi connectivity index (χ4n) is 2.24. The Morgan fingerprint density at radius 3 is 2.50 bits per heavy atom. The molecule has 1 saturated heterocycles. The van der Waals surface area contributed by atoms with Gasteiger partial charge in [0.25, 0.3) is 0 Å². The van der Waals surface area contributed by atoms with Crippen LogP contribution in [0.5, 0.6) is 0 Å². The number of rotatable bonds is 3. The first-order valence-electron chi connectivity index (χ1n) is 5.91. The molecule has 0 radical (unpaired) electrons. The summed E-state index contributed by atoms with van der Waals surface area (Å²) >= 11 is 0. The number of benzene rings is 1. The van der Waals surface area contributed by atoms with Gasteiger partial charge in [-0.05, 0) is 38.2 Å². The molecule has 1 unspecified atom stereocenters. The van der Waals surface area contributed by atoms with E-state index in [1.54, 1.807) is 0 Å². The van der Waals surface area contributed by atoms with Gasteiger partial charge in [0.1, 0.15) is 0 Å². The van der Waals surface area contributed by atoms with Crippen molar-refractivity contribution < 1.29 is 0 Å². The second-order valence-electron chi connectivity index (χ2n) is 4.72. The maximum Gasteiger partial charge on any atom is 0.0366 e. The first kappa shape index (κ1) is 11.4. The molecule has 0 aromatic heterocycles. The van der Waals surface area contributed by atoms with Crippen LogP contribution >= 0.6 is 0 Å². The first-order valence-corrected chi connectivity index (χ1v) is 5.91. The van der Waals surface area contributed by atoms with Crippen LogP contribution in [0.15, 0.2) is 24.3 Å². The lowest BCUT2D eigenvalue weighted by molar-refractivity contribution is 0.315. The van der Waals surface area contributed by atoms with Crippen LogP contribution in [-0.4, -0.2) is 38.1 Å². The van der Waals surface area contributed by atoms with Crippen molar-refractivity contribution in [2.45, 2.75) is 19.0 Å². The molecule has 1 aliphatic rings. The van der Waals surface area contributed by atoms with E-state index in [2.05, 4.69) is 48.2 Å². The Morgan fingerprint density at radius 1 is 1.31 bits per heavy atom. The molecule has 0 aliphatic carbocycles. The van der Waals surface area contributed by atoms with E-state index >= 15 is 0 Å². The third kappa shape index (κ3) is 2.36. The van der Waals surface area contributed by atoms with Crippen LogP contribution in [0, 0.1) is 0 Å². The predicted octanol–water partition coefficient (Wildman–Crippen LogP) is 1.29. The van der Waals surface area contributed by atoms with Crippen molar-refractivity contribution in [1.29, 1.82) is 0 Å². The molecule has 16 heavy (non-hydrogen) atoms. The van der Waals surface area contributed by atoms with Crippen LogP contribution in [0.1, 0.15) is 12.0 Å². The standard InChI is InChI=1S/C13H21N3/c1-15(2)13-7-8-16(10-13)12-5-3-11(9-14)4-6-12/h3-6,13H,7-10,14H2,1-2H3. The van der Waals surface area contributed by atoms with Crippen LogP contribution in [0.2, 0.25) is 0 Å². The van der Waals surface area contributed by atoms with Crippen LogP contribution in [-0.2, 0) is 6.54 Å². The molecule has 88 valence electrons. The Labute approximate surface area is 97.8 Å². The van der Waals surface area contributed by atoms with Crippen molar-refractivity contribution in [3.05, 3.63) is 29.8 Å². The molecule has 3 nitrogen and oxygen atoms in total. The zero-order valence-corrected chi connectivity index (χ0v) is 10.2. The minimum atomic E-state index is 0.626. The molecule has 1 aliphatic heterocycles. The second-order valence-corrected chi connectivity index (χ2v) is 4.72. The molecule has 0 saturated carbocycles. The Kier molecular flexibility index (Phi) is 3.46. The van der Waals surface area contributed by atoms with Gasteiger partial charge in [0, 0.05) is 31.4 Å². The largest absolute Gasteiger partial charge is 0.370 e. The SMILES string of the molecule is CN(C)C1CCN(c2ccc(CN)cc2)C1. The third-order valence-electron chi connectivity index (χ3n) is 3.43. The highest BCUT2D eigenvalue weighted by atomic mass is 15.2. The van der Waals surface area contributed by atoms with Gasteiger partial charge in [-0.15, -0.1) is 0 Å². The molecule has 0 bridgehead atoms. The third-order valence-corrected chi connectivity index (χ3v) is 3.43. The molecule has 0 spiro atoms.